The number of rotatable bonds is 2. The molecule has 0 heterocycles. The van der Waals surface area contributed by atoms with Crippen LogP contribution in [0.1, 0.15) is 11.1 Å². The van der Waals surface area contributed by atoms with Gasteiger partial charge in [-0.1, -0.05) is 23.4 Å². The highest BCUT2D eigenvalue weighted by atomic mass is 16.4. The van der Waals surface area contributed by atoms with Crippen molar-refractivity contribution in [3.8, 4) is 0 Å². The Balaban J connectivity index is 2.91. The van der Waals surface area contributed by atoms with E-state index in [1.54, 1.807) is 6.07 Å². The molecule has 11 heavy (non-hydrogen) atoms. The molecule has 0 amide bonds. The molecule has 0 unspecified atom stereocenters. The summed E-state index contributed by atoms with van der Waals surface area (Å²) in [4.78, 5) is 0. The minimum absolute atomic E-state index is 0.451. The van der Waals surface area contributed by atoms with E-state index >= 15 is 0 Å². The largest absolute Gasteiger partial charge is 0.411 e. The van der Waals surface area contributed by atoms with Gasteiger partial charge in [0.15, 0.2) is 0 Å². The van der Waals surface area contributed by atoms with Gasteiger partial charge in [0.05, 0.1) is 6.21 Å². The highest BCUT2D eigenvalue weighted by Crippen LogP contribution is 2.00. The summed E-state index contributed by atoms with van der Waals surface area (Å²) >= 11 is 0. The summed E-state index contributed by atoms with van der Waals surface area (Å²) in [6, 6.07) is 8.46. The van der Waals surface area contributed by atoms with Crippen molar-refractivity contribution in [3.05, 3.63) is 35.4 Å². The summed E-state index contributed by atoms with van der Waals surface area (Å²) in [5, 5.41) is 11.1. The number of nitrogens with two attached hydrogens (primary N) is 1. The van der Waals surface area contributed by atoms with Crippen molar-refractivity contribution in [1.82, 2.24) is 0 Å². The van der Waals surface area contributed by atoms with Gasteiger partial charge in [0.2, 0.25) is 0 Å². The lowest BCUT2D eigenvalue weighted by atomic mass is 10.1. The fraction of sp³-hybridized carbons (Fsp3) is 0.125. The van der Waals surface area contributed by atoms with E-state index in [9.17, 15) is 0 Å². The standard InChI is InChI=1S/C8H9N2O/c9-5-7-2-1-3-8(4-7)6-10-11/h1-3,6,11H,5,9H2. The Morgan fingerprint density at radius 2 is 2.45 bits per heavy atom. The van der Waals surface area contributed by atoms with Gasteiger partial charge >= 0.3 is 0 Å². The van der Waals surface area contributed by atoms with E-state index in [1.165, 1.54) is 6.21 Å². The number of oxime groups is 1. The van der Waals surface area contributed by atoms with Crippen LogP contribution in [-0.2, 0) is 6.54 Å². The molecule has 0 saturated heterocycles. The molecule has 0 aliphatic carbocycles. The van der Waals surface area contributed by atoms with E-state index in [0.29, 0.717) is 6.54 Å². The topological polar surface area (TPSA) is 58.6 Å². The molecule has 57 valence electrons. The summed E-state index contributed by atoms with van der Waals surface area (Å²) in [5.41, 5.74) is 7.01. The van der Waals surface area contributed by atoms with Gasteiger partial charge in [-0.3, -0.25) is 0 Å². The van der Waals surface area contributed by atoms with Gasteiger partial charge in [-0.15, -0.1) is 0 Å². The van der Waals surface area contributed by atoms with Crippen molar-refractivity contribution in [2.45, 2.75) is 6.54 Å². The van der Waals surface area contributed by atoms with Gasteiger partial charge in [0.25, 0.3) is 0 Å². The first-order valence-electron chi connectivity index (χ1n) is 3.25. The van der Waals surface area contributed by atoms with Crippen LogP contribution in [0.2, 0.25) is 0 Å². The molecule has 0 fully saturated rings. The lowest BCUT2D eigenvalue weighted by molar-refractivity contribution is 0.322. The normalized spacial score (nSPS) is 10.6. The summed E-state index contributed by atoms with van der Waals surface area (Å²) in [6.45, 7) is 0.451. The molecule has 0 aromatic heterocycles. The molecule has 1 aromatic carbocycles. The molecule has 1 aromatic rings. The van der Waals surface area contributed by atoms with Crippen LogP contribution in [0.3, 0.4) is 0 Å². The SMILES string of the molecule is NCc1[c]c(C=NO)ccc1. The van der Waals surface area contributed by atoms with E-state index in [2.05, 4.69) is 11.2 Å². The van der Waals surface area contributed by atoms with E-state index in [0.717, 1.165) is 11.1 Å². The monoisotopic (exact) mass is 149 g/mol. The average Bonchev–Trinajstić information content (AvgIpc) is 2.06. The Kier molecular flexibility index (Phi) is 2.63. The van der Waals surface area contributed by atoms with Crippen LogP contribution >= 0.6 is 0 Å². The lowest BCUT2D eigenvalue weighted by Gasteiger charge is -1.95. The molecule has 0 aliphatic heterocycles. The van der Waals surface area contributed by atoms with Gasteiger partial charge < -0.3 is 10.9 Å². The van der Waals surface area contributed by atoms with Crippen molar-refractivity contribution in [2.75, 3.05) is 0 Å². The number of benzene rings is 1. The molecule has 0 aliphatic rings. The van der Waals surface area contributed by atoms with Crippen molar-refractivity contribution in [1.29, 1.82) is 0 Å². The zero-order valence-corrected chi connectivity index (χ0v) is 5.99. The van der Waals surface area contributed by atoms with Gasteiger partial charge in [-0.2, -0.15) is 0 Å². The summed E-state index contributed by atoms with van der Waals surface area (Å²) in [7, 11) is 0. The van der Waals surface area contributed by atoms with E-state index in [1.807, 2.05) is 12.1 Å². The predicted molar refractivity (Wildman–Crippen MR) is 42.5 cm³/mol. The third-order valence-corrected chi connectivity index (χ3v) is 1.29. The third-order valence-electron chi connectivity index (χ3n) is 1.29. The number of nitrogens with zero attached hydrogens (tertiary/aromatic N) is 1. The zero-order chi connectivity index (χ0) is 8.10. The molecule has 3 heteroatoms. The highest BCUT2D eigenvalue weighted by molar-refractivity contribution is 5.78. The van der Waals surface area contributed by atoms with Crippen LogP contribution in [0.15, 0.2) is 23.4 Å². The van der Waals surface area contributed by atoms with Crippen molar-refractivity contribution < 1.29 is 5.21 Å². The van der Waals surface area contributed by atoms with Gasteiger partial charge in [-0.25, -0.2) is 0 Å². The van der Waals surface area contributed by atoms with Crippen molar-refractivity contribution >= 4 is 6.21 Å². The van der Waals surface area contributed by atoms with Crippen LogP contribution in [0.25, 0.3) is 0 Å². The van der Waals surface area contributed by atoms with Crippen LogP contribution in [0.4, 0.5) is 0 Å². The van der Waals surface area contributed by atoms with E-state index in [4.69, 9.17) is 10.9 Å². The molecular formula is C8H9N2O. The number of hydrogen-bond donors (Lipinski definition) is 2. The summed E-state index contributed by atoms with van der Waals surface area (Å²) < 4.78 is 0. The highest BCUT2D eigenvalue weighted by Gasteiger charge is 1.90. The zero-order valence-electron chi connectivity index (χ0n) is 5.99. The smallest absolute Gasteiger partial charge is 0.0740 e. The first-order valence-corrected chi connectivity index (χ1v) is 3.25. The minimum atomic E-state index is 0.451. The second-order valence-electron chi connectivity index (χ2n) is 2.08. The minimum Gasteiger partial charge on any atom is -0.411 e. The quantitative estimate of drug-likeness (QED) is 0.370. The Morgan fingerprint density at radius 3 is 3.09 bits per heavy atom. The molecule has 3 nitrogen and oxygen atoms in total. The van der Waals surface area contributed by atoms with Crippen LogP contribution < -0.4 is 5.73 Å². The van der Waals surface area contributed by atoms with Gasteiger partial charge in [-0.05, 0) is 11.6 Å². The Bertz CT molecular complexity index is 258. The maximum Gasteiger partial charge on any atom is 0.0740 e. The van der Waals surface area contributed by atoms with Gasteiger partial charge in [0.1, 0.15) is 0 Å². The Labute approximate surface area is 65.1 Å². The first kappa shape index (κ1) is 7.75. The Morgan fingerprint density at radius 1 is 1.64 bits per heavy atom. The fourth-order valence-electron chi connectivity index (χ4n) is 0.793. The lowest BCUT2D eigenvalue weighted by Crippen LogP contribution is -1.96. The second-order valence-corrected chi connectivity index (χ2v) is 2.08. The maximum atomic E-state index is 8.20. The Hall–Kier alpha value is -1.35. The number of hydrogen-bond acceptors (Lipinski definition) is 3. The average molecular weight is 149 g/mol. The summed E-state index contributed by atoms with van der Waals surface area (Å²) in [6.07, 6.45) is 1.32. The fourth-order valence-corrected chi connectivity index (χ4v) is 0.793. The molecule has 0 saturated carbocycles. The third kappa shape index (κ3) is 2.05. The van der Waals surface area contributed by atoms with Crippen LogP contribution in [0, 0.1) is 6.07 Å². The molecule has 1 rings (SSSR count). The van der Waals surface area contributed by atoms with Crippen molar-refractivity contribution in [2.24, 2.45) is 10.9 Å². The van der Waals surface area contributed by atoms with E-state index < -0.39 is 0 Å². The molecule has 0 atom stereocenters. The predicted octanol–water partition coefficient (Wildman–Crippen LogP) is 0.754. The molecule has 0 spiro atoms. The van der Waals surface area contributed by atoms with Gasteiger partial charge in [0, 0.05) is 12.1 Å². The molecule has 3 N–H and O–H groups in total. The van der Waals surface area contributed by atoms with E-state index in [-0.39, 0.29) is 0 Å². The maximum absolute atomic E-state index is 8.20. The summed E-state index contributed by atoms with van der Waals surface area (Å²) in [5.74, 6) is 0. The molecule has 0 bridgehead atoms. The van der Waals surface area contributed by atoms with Crippen LogP contribution in [0.5, 0.6) is 0 Å². The second kappa shape index (κ2) is 3.73. The molecular weight excluding hydrogens is 140 g/mol. The van der Waals surface area contributed by atoms with Crippen molar-refractivity contribution in [3.63, 3.8) is 0 Å². The molecule has 1 radical (unpaired) electrons. The first-order chi connectivity index (χ1) is 5.36. The van der Waals surface area contributed by atoms with Crippen LogP contribution in [-0.4, -0.2) is 11.4 Å².